The summed E-state index contributed by atoms with van der Waals surface area (Å²) in [6, 6.07) is 8.01. The minimum atomic E-state index is -0.442. The van der Waals surface area contributed by atoms with Crippen LogP contribution in [-0.2, 0) is 0 Å². The van der Waals surface area contributed by atoms with Gasteiger partial charge in [0.25, 0.3) is 0 Å². The van der Waals surface area contributed by atoms with Crippen LogP contribution in [0.15, 0.2) is 30.3 Å². The van der Waals surface area contributed by atoms with Crippen LogP contribution in [0.3, 0.4) is 0 Å². The number of rotatable bonds is 2. The van der Waals surface area contributed by atoms with Crippen LogP contribution in [-0.4, -0.2) is 10.2 Å². The van der Waals surface area contributed by atoms with E-state index in [4.69, 9.17) is 11.6 Å². The molecule has 0 fully saturated rings. The molecule has 1 N–H and O–H groups in total. The van der Waals surface area contributed by atoms with E-state index in [2.05, 4.69) is 15.5 Å². The van der Waals surface area contributed by atoms with Crippen LogP contribution in [0.1, 0.15) is 5.69 Å². The second-order valence-corrected chi connectivity index (χ2v) is 3.72. The van der Waals surface area contributed by atoms with Gasteiger partial charge in [-0.1, -0.05) is 11.6 Å². The Morgan fingerprint density at radius 2 is 2.00 bits per heavy atom. The van der Waals surface area contributed by atoms with Crippen molar-refractivity contribution in [3.05, 3.63) is 46.9 Å². The van der Waals surface area contributed by atoms with Crippen molar-refractivity contribution in [3.63, 3.8) is 0 Å². The molecule has 0 radical (unpaired) electrons. The van der Waals surface area contributed by atoms with Crippen molar-refractivity contribution in [1.82, 2.24) is 10.2 Å². The molecule has 2 rings (SSSR count). The van der Waals surface area contributed by atoms with Gasteiger partial charge >= 0.3 is 0 Å². The van der Waals surface area contributed by atoms with E-state index in [0.717, 1.165) is 5.69 Å². The SMILES string of the molecule is Cc1ccc(Nc2ccc(F)c(Cl)c2)nn1. The van der Waals surface area contributed by atoms with E-state index in [1.54, 1.807) is 12.1 Å². The highest BCUT2D eigenvalue weighted by atomic mass is 35.5. The number of aromatic nitrogens is 2. The first-order valence-electron chi connectivity index (χ1n) is 4.67. The largest absolute Gasteiger partial charge is 0.339 e. The summed E-state index contributed by atoms with van der Waals surface area (Å²) in [6.45, 7) is 1.85. The minimum Gasteiger partial charge on any atom is -0.339 e. The van der Waals surface area contributed by atoms with Crippen LogP contribution < -0.4 is 5.32 Å². The zero-order valence-electron chi connectivity index (χ0n) is 8.54. The molecular formula is C11H9ClFN3. The highest BCUT2D eigenvalue weighted by molar-refractivity contribution is 6.31. The van der Waals surface area contributed by atoms with Gasteiger partial charge in [-0.15, -0.1) is 5.10 Å². The highest BCUT2D eigenvalue weighted by Crippen LogP contribution is 2.21. The van der Waals surface area contributed by atoms with Gasteiger partial charge < -0.3 is 5.32 Å². The van der Waals surface area contributed by atoms with Gasteiger partial charge in [-0.3, -0.25) is 0 Å². The topological polar surface area (TPSA) is 37.8 Å². The molecule has 0 atom stereocenters. The molecule has 0 saturated heterocycles. The van der Waals surface area contributed by atoms with Crippen molar-refractivity contribution in [2.75, 3.05) is 5.32 Å². The molecule has 0 bridgehead atoms. The van der Waals surface area contributed by atoms with E-state index in [0.29, 0.717) is 11.5 Å². The Bertz CT molecular complexity index is 499. The Morgan fingerprint density at radius 3 is 2.62 bits per heavy atom. The number of anilines is 2. The Balaban J connectivity index is 2.20. The van der Waals surface area contributed by atoms with Gasteiger partial charge in [0.2, 0.25) is 0 Å². The van der Waals surface area contributed by atoms with Gasteiger partial charge in [-0.05, 0) is 37.3 Å². The average Bonchev–Trinajstić information content (AvgIpc) is 2.27. The normalized spacial score (nSPS) is 10.2. The minimum absolute atomic E-state index is 0.0741. The number of halogens is 2. The summed E-state index contributed by atoms with van der Waals surface area (Å²) in [5.41, 5.74) is 1.51. The molecule has 1 heterocycles. The molecule has 0 amide bonds. The van der Waals surface area contributed by atoms with Crippen LogP contribution >= 0.6 is 11.6 Å². The molecule has 0 aliphatic carbocycles. The number of hydrogen-bond acceptors (Lipinski definition) is 3. The summed E-state index contributed by atoms with van der Waals surface area (Å²) >= 11 is 5.65. The summed E-state index contributed by atoms with van der Waals surface area (Å²) in [5, 5.41) is 10.9. The summed E-state index contributed by atoms with van der Waals surface area (Å²) in [5.74, 6) is 0.149. The van der Waals surface area contributed by atoms with Crippen LogP contribution in [0, 0.1) is 12.7 Å². The maximum atomic E-state index is 12.9. The lowest BCUT2D eigenvalue weighted by atomic mass is 10.3. The fourth-order valence-electron chi connectivity index (χ4n) is 1.19. The fraction of sp³-hybridized carbons (Fsp3) is 0.0909. The van der Waals surface area contributed by atoms with Crippen molar-refractivity contribution >= 4 is 23.1 Å². The van der Waals surface area contributed by atoms with E-state index in [1.807, 2.05) is 13.0 Å². The van der Waals surface area contributed by atoms with Crippen molar-refractivity contribution in [1.29, 1.82) is 0 Å². The third kappa shape index (κ3) is 2.46. The standard InChI is InChI=1S/C11H9ClFN3/c1-7-2-5-11(16-15-7)14-8-3-4-10(13)9(12)6-8/h2-6H,1H3,(H,14,16). The van der Waals surface area contributed by atoms with Crippen molar-refractivity contribution in [2.45, 2.75) is 6.92 Å². The fourth-order valence-corrected chi connectivity index (χ4v) is 1.37. The van der Waals surface area contributed by atoms with Crippen LogP contribution in [0.25, 0.3) is 0 Å². The van der Waals surface area contributed by atoms with Gasteiger partial charge in [-0.25, -0.2) is 4.39 Å². The second-order valence-electron chi connectivity index (χ2n) is 3.31. The third-order valence-electron chi connectivity index (χ3n) is 1.99. The molecule has 0 saturated carbocycles. The number of nitrogens with one attached hydrogen (secondary N) is 1. The Labute approximate surface area is 97.3 Å². The van der Waals surface area contributed by atoms with Gasteiger partial charge in [0.05, 0.1) is 10.7 Å². The predicted octanol–water partition coefficient (Wildman–Crippen LogP) is 3.32. The maximum absolute atomic E-state index is 12.9. The van der Waals surface area contributed by atoms with Crippen molar-refractivity contribution in [2.24, 2.45) is 0 Å². The molecule has 16 heavy (non-hydrogen) atoms. The first-order chi connectivity index (χ1) is 7.65. The molecule has 82 valence electrons. The molecular weight excluding hydrogens is 229 g/mol. The van der Waals surface area contributed by atoms with Crippen LogP contribution in [0.5, 0.6) is 0 Å². The molecule has 0 unspecified atom stereocenters. The van der Waals surface area contributed by atoms with Crippen LogP contribution in [0.4, 0.5) is 15.9 Å². The van der Waals surface area contributed by atoms with Crippen molar-refractivity contribution in [3.8, 4) is 0 Å². The average molecular weight is 238 g/mol. The van der Waals surface area contributed by atoms with E-state index in [1.165, 1.54) is 12.1 Å². The van der Waals surface area contributed by atoms with E-state index in [-0.39, 0.29) is 5.02 Å². The van der Waals surface area contributed by atoms with Crippen LogP contribution in [0.2, 0.25) is 5.02 Å². The van der Waals surface area contributed by atoms with Crippen molar-refractivity contribution < 1.29 is 4.39 Å². The first kappa shape index (κ1) is 10.8. The lowest BCUT2D eigenvalue weighted by Crippen LogP contribution is -1.96. The summed E-state index contributed by atoms with van der Waals surface area (Å²) in [6.07, 6.45) is 0. The molecule has 5 heteroatoms. The summed E-state index contributed by atoms with van der Waals surface area (Å²) in [4.78, 5) is 0. The monoisotopic (exact) mass is 237 g/mol. The number of hydrogen-bond donors (Lipinski definition) is 1. The van der Waals surface area contributed by atoms with E-state index in [9.17, 15) is 4.39 Å². The third-order valence-corrected chi connectivity index (χ3v) is 2.28. The molecule has 2 aromatic rings. The Kier molecular flexibility index (Phi) is 3.01. The number of nitrogens with zero attached hydrogens (tertiary/aromatic N) is 2. The second kappa shape index (κ2) is 4.45. The molecule has 0 aliphatic heterocycles. The number of benzene rings is 1. The zero-order valence-corrected chi connectivity index (χ0v) is 9.29. The molecule has 3 nitrogen and oxygen atoms in total. The lowest BCUT2D eigenvalue weighted by Gasteiger charge is -2.05. The molecule has 0 aliphatic rings. The molecule has 1 aromatic heterocycles. The first-order valence-corrected chi connectivity index (χ1v) is 5.05. The Morgan fingerprint density at radius 1 is 1.19 bits per heavy atom. The van der Waals surface area contributed by atoms with Gasteiger partial charge in [-0.2, -0.15) is 5.10 Å². The number of aryl methyl sites for hydroxylation is 1. The predicted molar refractivity (Wildman–Crippen MR) is 61.5 cm³/mol. The highest BCUT2D eigenvalue weighted by Gasteiger charge is 2.01. The van der Waals surface area contributed by atoms with Gasteiger partial charge in [0, 0.05) is 5.69 Å². The van der Waals surface area contributed by atoms with E-state index < -0.39 is 5.82 Å². The smallest absolute Gasteiger partial charge is 0.153 e. The summed E-state index contributed by atoms with van der Waals surface area (Å²) < 4.78 is 12.9. The van der Waals surface area contributed by atoms with Gasteiger partial charge in [0.15, 0.2) is 5.82 Å². The Hall–Kier alpha value is -1.68. The quantitative estimate of drug-likeness (QED) is 0.871. The van der Waals surface area contributed by atoms with Gasteiger partial charge in [0.1, 0.15) is 5.82 Å². The zero-order chi connectivity index (χ0) is 11.5. The summed E-state index contributed by atoms with van der Waals surface area (Å²) in [7, 11) is 0. The molecule has 1 aromatic carbocycles. The maximum Gasteiger partial charge on any atom is 0.153 e. The van der Waals surface area contributed by atoms with E-state index >= 15 is 0 Å². The lowest BCUT2D eigenvalue weighted by molar-refractivity contribution is 0.628. The molecule has 0 spiro atoms.